The number of rotatable bonds is 7. The lowest BCUT2D eigenvalue weighted by Gasteiger charge is -2.34. The van der Waals surface area contributed by atoms with Crippen LogP contribution in [0.25, 0.3) is 11.0 Å². The van der Waals surface area contributed by atoms with E-state index in [-0.39, 0.29) is 0 Å². The molecule has 4 rings (SSSR count). The van der Waals surface area contributed by atoms with Gasteiger partial charge < -0.3 is 9.88 Å². The van der Waals surface area contributed by atoms with Gasteiger partial charge in [0.25, 0.3) is 0 Å². The first-order chi connectivity index (χ1) is 14.9. The highest BCUT2D eigenvalue weighted by Gasteiger charge is 2.30. The molecule has 1 aromatic heterocycles. The predicted octanol–water partition coefficient (Wildman–Crippen LogP) is 4.97. The van der Waals surface area contributed by atoms with E-state index in [2.05, 4.69) is 26.8 Å². The van der Waals surface area contributed by atoms with E-state index in [1.54, 1.807) is 6.07 Å². The van der Waals surface area contributed by atoms with Crippen LogP contribution >= 0.6 is 0 Å². The smallest absolute Gasteiger partial charge is 0.341 e. The van der Waals surface area contributed by atoms with Gasteiger partial charge in [0.05, 0.1) is 23.1 Å². The maximum absolute atomic E-state index is 12.9. The van der Waals surface area contributed by atoms with Crippen LogP contribution in [0.4, 0.5) is 13.2 Å². The summed E-state index contributed by atoms with van der Waals surface area (Å²) in [6.07, 6.45) is -1.32. The lowest BCUT2D eigenvalue weighted by Crippen LogP contribution is -2.40. The number of halogens is 3. The van der Waals surface area contributed by atoms with Crippen molar-refractivity contribution >= 4 is 11.0 Å². The molecular formula is C24H29F3N4. The van der Waals surface area contributed by atoms with Crippen molar-refractivity contribution in [1.82, 2.24) is 19.8 Å². The summed E-state index contributed by atoms with van der Waals surface area (Å²) in [5.41, 5.74) is 2.24. The number of benzene rings is 2. The van der Waals surface area contributed by atoms with Crippen LogP contribution in [-0.4, -0.2) is 53.0 Å². The fourth-order valence-electron chi connectivity index (χ4n) is 4.54. The normalized spacial score (nSPS) is 18.2. The van der Waals surface area contributed by atoms with Crippen molar-refractivity contribution in [3.05, 3.63) is 65.5 Å². The van der Waals surface area contributed by atoms with Crippen LogP contribution in [0.5, 0.6) is 0 Å². The SMILES string of the molecule is CN(Cc1nc2ccccc2[nH]1)C[C@H]1CCCN(CCc2cccc(C(F)(F)F)c2)C1. The second-order valence-corrected chi connectivity index (χ2v) is 8.65. The molecule has 2 aromatic carbocycles. The molecule has 1 aliphatic rings. The van der Waals surface area contributed by atoms with Gasteiger partial charge in [0.2, 0.25) is 0 Å². The molecule has 3 aromatic rings. The van der Waals surface area contributed by atoms with Gasteiger partial charge in [-0.05, 0) is 62.5 Å². The Morgan fingerprint density at radius 1 is 1.16 bits per heavy atom. The molecule has 0 bridgehead atoms. The van der Waals surface area contributed by atoms with Crippen LogP contribution < -0.4 is 0 Å². The lowest BCUT2D eigenvalue weighted by molar-refractivity contribution is -0.137. The zero-order chi connectivity index (χ0) is 21.8. The monoisotopic (exact) mass is 430 g/mol. The number of piperidine rings is 1. The maximum atomic E-state index is 12.9. The molecular weight excluding hydrogens is 401 g/mol. The van der Waals surface area contributed by atoms with Crippen LogP contribution in [0.3, 0.4) is 0 Å². The Morgan fingerprint density at radius 3 is 2.81 bits per heavy atom. The van der Waals surface area contributed by atoms with Crippen LogP contribution in [0.2, 0.25) is 0 Å². The van der Waals surface area contributed by atoms with Crippen LogP contribution in [0, 0.1) is 5.92 Å². The van der Waals surface area contributed by atoms with Crippen molar-refractivity contribution in [2.75, 3.05) is 33.2 Å². The highest BCUT2D eigenvalue weighted by atomic mass is 19.4. The van der Waals surface area contributed by atoms with Gasteiger partial charge in [-0.1, -0.05) is 30.3 Å². The molecule has 4 nitrogen and oxygen atoms in total. The van der Waals surface area contributed by atoms with E-state index in [1.807, 2.05) is 24.3 Å². The first-order valence-corrected chi connectivity index (χ1v) is 10.9. The third kappa shape index (κ3) is 5.86. The number of hydrogen-bond donors (Lipinski definition) is 1. The molecule has 1 saturated heterocycles. The van der Waals surface area contributed by atoms with E-state index in [1.165, 1.54) is 18.6 Å². The quantitative estimate of drug-likeness (QED) is 0.575. The third-order valence-electron chi connectivity index (χ3n) is 6.00. The number of fused-ring (bicyclic) bond motifs is 1. The number of aromatic amines is 1. The zero-order valence-electron chi connectivity index (χ0n) is 17.8. The molecule has 1 atom stereocenters. The van der Waals surface area contributed by atoms with Gasteiger partial charge in [0, 0.05) is 19.6 Å². The third-order valence-corrected chi connectivity index (χ3v) is 6.00. The molecule has 0 spiro atoms. The van der Waals surface area contributed by atoms with Crippen molar-refractivity contribution in [3.63, 3.8) is 0 Å². The minimum atomic E-state index is -4.28. The first-order valence-electron chi connectivity index (χ1n) is 10.9. The topological polar surface area (TPSA) is 35.2 Å². The van der Waals surface area contributed by atoms with Crippen molar-refractivity contribution < 1.29 is 13.2 Å². The van der Waals surface area contributed by atoms with Crippen LogP contribution in [0.15, 0.2) is 48.5 Å². The molecule has 1 N–H and O–H groups in total. The summed E-state index contributed by atoms with van der Waals surface area (Å²) in [6, 6.07) is 13.8. The molecule has 31 heavy (non-hydrogen) atoms. The van der Waals surface area contributed by atoms with Gasteiger partial charge in [-0.25, -0.2) is 4.98 Å². The number of nitrogens with one attached hydrogen (secondary N) is 1. The number of likely N-dealkylation sites (tertiary alicyclic amines) is 1. The molecule has 0 unspecified atom stereocenters. The van der Waals surface area contributed by atoms with Crippen LogP contribution in [-0.2, 0) is 19.1 Å². The summed E-state index contributed by atoms with van der Waals surface area (Å²) in [7, 11) is 2.12. The number of para-hydroxylation sites is 2. The summed E-state index contributed by atoms with van der Waals surface area (Å²) in [5, 5.41) is 0. The molecule has 2 heterocycles. The highest BCUT2D eigenvalue weighted by molar-refractivity contribution is 5.74. The van der Waals surface area contributed by atoms with Gasteiger partial charge in [0.15, 0.2) is 0 Å². The number of alkyl halides is 3. The van der Waals surface area contributed by atoms with Gasteiger partial charge >= 0.3 is 6.18 Å². The lowest BCUT2D eigenvalue weighted by atomic mass is 9.97. The Balaban J connectivity index is 1.27. The summed E-state index contributed by atoms with van der Waals surface area (Å²) >= 11 is 0. The standard InChI is InChI=1S/C24H29F3N4/c1-30(17-23-28-21-9-2-3-10-22(21)29-23)15-19-7-5-12-31(16-19)13-11-18-6-4-8-20(14-18)24(25,26)27/h2-4,6,8-10,14,19H,5,7,11-13,15-17H2,1H3,(H,28,29)/t19-/m1/s1. The average molecular weight is 431 g/mol. The van der Waals surface area contributed by atoms with E-state index < -0.39 is 11.7 Å². The summed E-state index contributed by atoms with van der Waals surface area (Å²) in [4.78, 5) is 12.7. The Kier molecular flexibility index (Phi) is 6.62. The number of imidazole rings is 1. The molecule has 1 aliphatic heterocycles. The Hall–Kier alpha value is -2.38. The maximum Gasteiger partial charge on any atom is 0.416 e. The molecule has 7 heteroatoms. The minimum Gasteiger partial charge on any atom is -0.341 e. The molecule has 0 radical (unpaired) electrons. The second kappa shape index (κ2) is 9.40. The van der Waals surface area contributed by atoms with E-state index in [0.717, 1.165) is 67.6 Å². The number of aromatic nitrogens is 2. The van der Waals surface area contributed by atoms with Crippen molar-refractivity contribution in [1.29, 1.82) is 0 Å². The molecule has 0 saturated carbocycles. The summed E-state index contributed by atoms with van der Waals surface area (Å²) < 4.78 is 38.8. The number of H-pyrrole nitrogens is 1. The predicted molar refractivity (Wildman–Crippen MR) is 117 cm³/mol. The molecule has 0 amide bonds. The second-order valence-electron chi connectivity index (χ2n) is 8.65. The summed E-state index contributed by atoms with van der Waals surface area (Å²) in [6.45, 7) is 4.56. The van der Waals surface area contributed by atoms with Gasteiger partial charge in [0.1, 0.15) is 5.82 Å². The Bertz CT molecular complexity index is 965. The zero-order valence-corrected chi connectivity index (χ0v) is 17.8. The largest absolute Gasteiger partial charge is 0.416 e. The number of hydrogen-bond acceptors (Lipinski definition) is 3. The van der Waals surface area contributed by atoms with E-state index in [0.29, 0.717) is 12.3 Å². The van der Waals surface area contributed by atoms with E-state index in [9.17, 15) is 13.2 Å². The molecule has 166 valence electrons. The van der Waals surface area contributed by atoms with E-state index >= 15 is 0 Å². The Labute approximate surface area is 181 Å². The summed E-state index contributed by atoms with van der Waals surface area (Å²) in [5.74, 6) is 1.53. The van der Waals surface area contributed by atoms with Crippen molar-refractivity contribution in [2.45, 2.75) is 32.0 Å². The van der Waals surface area contributed by atoms with Gasteiger partial charge in [-0.15, -0.1) is 0 Å². The van der Waals surface area contributed by atoms with Gasteiger partial charge in [-0.2, -0.15) is 13.2 Å². The van der Waals surface area contributed by atoms with Crippen LogP contribution in [0.1, 0.15) is 29.8 Å². The highest BCUT2D eigenvalue weighted by Crippen LogP contribution is 2.29. The van der Waals surface area contributed by atoms with E-state index in [4.69, 9.17) is 0 Å². The van der Waals surface area contributed by atoms with Crippen molar-refractivity contribution in [2.24, 2.45) is 5.92 Å². The Morgan fingerprint density at radius 2 is 2.00 bits per heavy atom. The average Bonchev–Trinajstić information content (AvgIpc) is 3.14. The van der Waals surface area contributed by atoms with Crippen molar-refractivity contribution in [3.8, 4) is 0 Å². The molecule has 0 aliphatic carbocycles. The fraction of sp³-hybridized carbons (Fsp3) is 0.458. The fourth-order valence-corrected chi connectivity index (χ4v) is 4.54. The molecule has 1 fully saturated rings. The first kappa shape index (κ1) is 21.8. The number of nitrogens with zero attached hydrogens (tertiary/aromatic N) is 3. The minimum absolute atomic E-state index is 0.560. The van der Waals surface area contributed by atoms with Gasteiger partial charge in [-0.3, -0.25) is 4.90 Å².